The first kappa shape index (κ1) is 18.6. The molecule has 5 heteroatoms. The molecule has 0 aliphatic carbocycles. The Morgan fingerprint density at radius 1 is 0.966 bits per heavy atom. The summed E-state index contributed by atoms with van der Waals surface area (Å²) in [6.07, 6.45) is 0. The predicted molar refractivity (Wildman–Crippen MR) is 114 cm³/mol. The number of fused-ring (bicyclic) bond motifs is 1. The highest BCUT2D eigenvalue weighted by Gasteiger charge is 2.20. The van der Waals surface area contributed by atoms with E-state index in [1.165, 1.54) is 11.0 Å². The molecule has 3 aromatic carbocycles. The van der Waals surface area contributed by atoms with Crippen LogP contribution in [0.4, 0.5) is 0 Å². The molecule has 0 spiro atoms. The maximum Gasteiger partial charge on any atom is 0.278 e. The Morgan fingerprint density at radius 3 is 2.45 bits per heavy atom. The monoisotopic (exact) mass is 383 g/mol. The van der Waals surface area contributed by atoms with Gasteiger partial charge in [-0.1, -0.05) is 60.7 Å². The Hall–Kier alpha value is -3.73. The van der Waals surface area contributed by atoms with Crippen LogP contribution in [0.1, 0.15) is 21.7 Å². The number of amides is 1. The van der Waals surface area contributed by atoms with Crippen LogP contribution in [0.25, 0.3) is 16.5 Å². The third-order valence-corrected chi connectivity index (χ3v) is 4.94. The van der Waals surface area contributed by atoms with Gasteiger partial charge in [0.1, 0.15) is 0 Å². The zero-order chi connectivity index (χ0) is 20.4. The number of para-hydroxylation sites is 1. The van der Waals surface area contributed by atoms with Crippen molar-refractivity contribution in [3.63, 3.8) is 0 Å². The van der Waals surface area contributed by atoms with Crippen molar-refractivity contribution in [1.82, 2.24) is 14.7 Å². The molecule has 0 aliphatic rings. The van der Waals surface area contributed by atoms with Crippen molar-refractivity contribution in [2.45, 2.75) is 13.5 Å². The van der Waals surface area contributed by atoms with Gasteiger partial charge in [-0.2, -0.15) is 5.10 Å². The number of carbonyl (C=O) groups excluding carboxylic acids is 1. The largest absolute Gasteiger partial charge is 0.336 e. The van der Waals surface area contributed by atoms with Gasteiger partial charge in [-0.25, -0.2) is 4.68 Å². The van der Waals surface area contributed by atoms with Gasteiger partial charge in [0, 0.05) is 25.4 Å². The van der Waals surface area contributed by atoms with Crippen molar-refractivity contribution in [1.29, 1.82) is 0 Å². The molecule has 0 saturated heterocycles. The number of nitrogens with zero attached hydrogens (tertiary/aromatic N) is 3. The summed E-state index contributed by atoms with van der Waals surface area (Å²) in [5.41, 5.74) is 2.05. The molecule has 5 nitrogen and oxygen atoms in total. The molecule has 0 unspecified atom stereocenters. The fourth-order valence-corrected chi connectivity index (χ4v) is 3.46. The fraction of sp³-hybridized carbons (Fsp3) is 0.125. The standard InChI is InChI=1S/C24H21N3O2/c1-17-15-22(28)23(25-27(17)20-12-4-3-5-13-20)24(29)26(2)16-19-11-8-10-18-9-6-7-14-21(18)19/h3-15H,16H2,1-2H3. The molecule has 0 radical (unpaired) electrons. The third-order valence-electron chi connectivity index (χ3n) is 4.94. The molecule has 4 rings (SSSR count). The molecule has 144 valence electrons. The van der Waals surface area contributed by atoms with E-state index >= 15 is 0 Å². The van der Waals surface area contributed by atoms with Crippen LogP contribution in [0.15, 0.2) is 83.7 Å². The highest BCUT2D eigenvalue weighted by molar-refractivity contribution is 5.92. The van der Waals surface area contributed by atoms with Crippen molar-refractivity contribution in [3.8, 4) is 5.69 Å². The van der Waals surface area contributed by atoms with Crippen molar-refractivity contribution in [3.05, 3.63) is 106 Å². The van der Waals surface area contributed by atoms with E-state index in [-0.39, 0.29) is 11.1 Å². The Bertz CT molecular complexity index is 1240. The smallest absolute Gasteiger partial charge is 0.278 e. The Labute approximate surface area is 168 Å². The van der Waals surface area contributed by atoms with E-state index in [1.807, 2.05) is 72.8 Å². The van der Waals surface area contributed by atoms with E-state index in [9.17, 15) is 9.59 Å². The van der Waals surface area contributed by atoms with Crippen molar-refractivity contribution >= 4 is 16.7 Å². The van der Waals surface area contributed by atoms with Crippen LogP contribution < -0.4 is 5.43 Å². The van der Waals surface area contributed by atoms with Gasteiger partial charge in [0.15, 0.2) is 5.69 Å². The van der Waals surface area contributed by atoms with Gasteiger partial charge in [-0.15, -0.1) is 0 Å². The highest BCUT2D eigenvalue weighted by Crippen LogP contribution is 2.20. The lowest BCUT2D eigenvalue weighted by Crippen LogP contribution is -2.33. The van der Waals surface area contributed by atoms with Crippen LogP contribution in [0.3, 0.4) is 0 Å². The van der Waals surface area contributed by atoms with Crippen LogP contribution in [-0.2, 0) is 6.54 Å². The van der Waals surface area contributed by atoms with Crippen LogP contribution in [0.5, 0.6) is 0 Å². The normalized spacial score (nSPS) is 10.8. The van der Waals surface area contributed by atoms with E-state index in [2.05, 4.69) is 5.10 Å². The average Bonchev–Trinajstić information content (AvgIpc) is 2.74. The Morgan fingerprint density at radius 2 is 1.66 bits per heavy atom. The Kier molecular flexibility index (Phi) is 4.96. The average molecular weight is 383 g/mol. The van der Waals surface area contributed by atoms with Gasteiger partial charge in [0.25, 0.3) is 5.91 Å². The summed E-state index contributed by atoms with van der Waals surface area (Å²) < 4.78 is 1.63. The number of carbonyl (C=O) groups is 1. The minimum absolute atomic E-state index is 0.0813. The SMILES string of the molecule is Cc1cc(=O)c(C(=O)N(C)Cc2cccc3ccccc23)nn1-c1ccccc1. The lowest BCUT2D eigenvalue weighted by Gasteiger charge is -2.19. The number of hydrogen-bond donors (Lipinski definition) is 0. The molecule has 0 saturated carbocycles. The van der Waals surface area contributed by atoms with Gasteiger partial charge in [0.05, 0.1) is 5.69 Å². The molecule has 1 heterocycles. The maximum absolute atomic E-state index is 13.1. The van der Waals surface area contributed by atoms with Crippen LogP contribution in [0, 0.1) is 6.92 Å². The van der Waals surface area contributed by atoms with Crippen LogP contribution in [-0.4, -0.2) is 27.6 Å². The first-order chi connectivity index (χ1) is 14.0. The minimum Gasteiger partial charge on any atom is -0.336 e. The fourth-order valence-electron chi connectivity index (χ4n) is 3.46. The summed E-state index contributed by atoms with van der Waals surface area (Å²) >= 11 is 0. The molecule has 0 aliphatic heterocycles. The second-order valence-electron chi connectivity index (χ2n) is 7.05. The molecular weight excluding hydrogens is 362 g/mol. The summed E-state index contributed by atoms with van der Waals surface area (Å²) in [6.45, 7) is 2.19. The molecule has 0 N–H and O–H groups in total. The predicted octanol–water partition coefficient (Wildman–Crippen LogP) is 3.97. The molecule has 1 amide bonds. The van der Waals surface area contributed by atoms with Gasteiger partial charge in [-0.3, -0.25) is 9.59 Å². The first-order valence-electron chi connectivity index (χ1n) is 9.43. The van der Waals surface area contributed by atoms with E-state index < -0.39 is 5.91 Å². The maximum atomic E-state index is 13.1. The van der Waals surface area contributed by atoms with E-state index in [1.54, 1.807) is 18.7 Å². The van der Waals surface area contributed by atoms with Crippen LogP contribution in [0.2, 0.25) is 0 Å². The molecule has 0 fully saturated rings. The number of aromatic nitrogens is 2. The zero-order valence-electron chi connectivity index (χ0n) is 16.4. The summed E-state index contributed by atoms with van der Waals surface area (Å²) in [5.74, 6) is -0.396. The number of aryl methyl sites for hydroxylation is 1. The highest BCUT2D eigenvalue weighted by atomic mass is 16.2. The summed E-state index contributed by atoms with van der Waals surface area (Å²) in [7, 11) is 1.69. The van der Waals surface area contributed by atoms with Crippen molar-refractivity contribution < 1.29 is 4.79 Å². The van der Waals surface area contributed by atoms with E-state index in [0.29, 0.717) is 12.2 Å². The topological polar surface area (TPSA) is 55.2 Å². The molecule has 4 aromatic rings. The second-order valence-corrected chi connectivity index (χ2v) is 7.05. The molecule has 1 aromatic heterocycles. The summed E-state index contributed by atoms with van der Waals surface area (Å²) in [5, 5.41) is 6.59. The lowest BCUT2D eigenvalue weighted by atomic mass is 10.0. The number of rotatable bonds is 4. The summed E-state index contributed by atoms with van der Waals surface area (Å²) in [6, 6.07) is 25.0. The lowest BCUT2D eigenvalue weighted by molar-refractivity contribution is 0.0776. The van der Waals surface area contributed by atoms with Gasteiger partial charge >= 0.3 is 0 Å². The molecule has 29 heavy (non-hydrogen) atoms. The van der Waals surface area contributed by atoms with Crippen molar-refractivity contribution in [2.75, 3.05) is 7.05 Å². The minimum atomic E-state index is -0.396. The summed E-state index contributed by atoms with van der Waals surface area (Å²) in [4.78, 5) is 27.1. The molecular formula is C24H21N3O2. The number of hydrogen-bond acceptors (Lipinski definition) is 3. The molecule has 0 bridgehead atoms. The van der Waals surface area contributed by atoms with E-state index in [4.69, 9.17) is 0 Å². The first-order valence-corrected chi connectivity index (χ1v) is 9.43. The zero-order valence-corrected chi connectivity index (χ0v) is 16.4. The van der Waals surface area contributed by atoms with E-state index in [0.717, 1.165) is 22.0 Å². The quantitative estimate of drug-likeness (QED) is 0.536. The third kappa shape index (κ3) is 3.67. The Balaban J connectivity index is 1.68. The van der Waals surface area contributed by atoms with Crippen molar-refractivity contribution in [2.24, 2.45) is 0 Å². The van der Waals surface area contributed by atoms with Crippen LogP contribution >= 0.6 is 0 Å². The molecule has 0 atom stereocenters. The number of benzene rings is 3. The van der Waals surface area contributed by atoms with Gasteiger partial charge in [0.2, 0.25) is 5.43 Å². The van der Waals surface area contributed by atoms with Gasteiger partial charge < -0.3 is 4.90 Å². The van der Waals surface area contributed by atoms with Gasteiger partial charge in [-0.05, 0) is 35.4 Å². The second kappa shape index (κ2) is 7.72.